The molecule has 2 aliphatic rings. The second-order valence-electron chi connectivity index (χ2n) is 8.33. The summed E-state index contributed by atoms with van der Waals surface area (Å²) in [4.78, 5) is 35.9. The van der Waals surface area contributed by atoms with Gasteiger partial charge in [0.25, 0.3) is 5.56 Å². The SMILES string of the molecule is C=CC(=O)Nc1cc(Nc2nc(Br)c[nH]c2=O)ccc1N1CCN(C2CCOCC2)C[C@@H]1C. The lowest BCUT2D eigenvalue weighted by Gasteiger charge is -2.45. The van der Waals surface area contributed by atoms with Crippen LogP contribution in [0.1, 0.15) is 19.8 Å². The summed E-state index contributed by atoms with van der Waals surface area (Å²) < 4.78 is 6.03. The van der Waals surface area contributed by atoms with Crippen LogP contribution in [0.15, 0.2) is 46.4 Å². The Labute approximate surface area is 201 Å². The van der Waals surface area contributed by atoms with E-state index in [1.54, 1.807) is 0 Å². The lowest BCUT2D eigenvalue weighted by atomic mass is 10.0. The summed E-state index contributed by atoms with van der Waals surface area (Å²) >= 11 is 3.26. The second kappa shape index (κ2) is 10.5. The number of benzene rings is 1. The lowest BCUT2D eigenvalue weighted by Crippen LogP contribution is -2.56. The van der Waals surface area contributed by atoms with Crippen LogP contribution in [0.4, 0.5) is 22.9 Å². The van der Waals surface area contributed by atoms with Crippen LogP contribution in [0.5, 0.6) is 0 Å². The molecule has 0 unspecified atom stereocenters. The van der Waals surface area contributed by atoms with Crippen molar-refractivity contribution in [3.05, 3.63) is 52.0 Å². The van der Waals surface area contributed by atoms with Gasteiger partial charge in [0, 0.05) is 56.8 Å². The number of nitrogens with zero attached hydrogens (tertiary/aromatic N) is 3. The Hall–Kier alpha value is -2.69. The van der Waals surface area contributed by atoms with Crippen LogP contribution in [0.25, 0.3) is 0 Å². The Morgan fingerprint density at radius 1 is 1.33 bits per heavy atom. The molecule has 3 N–H and O–H groups in total. The summed E-state index contributed by atoms with van der Waals surface area (Å²) in [6, 6.07) is 6.52. The number of aromatic amines is 1. The maximum atomic E-state index is 12.2. The molecule has 0 aliphatic carbocycles. The Morgan fingerprint density at radius 3 is 2.85 bits per heavy atom. The predicted molar refractivity (Wildman–Crippen MR) is 133 cm³/mol. The average molecular weight is 517 g/mol. The molecule has 2 saturated heterocycles. The zero-order valence-corrected chi connectivity index (χ0v) is 20.2. The molecule has 1 atom stereocenters. The number of piperazine rings is 1. The number of rotatable bonds is 6. The van der Waals surface area contributed by atoms with Crippen LogP contribution in [-0.2, 0) is 9.53 Å². The summed E-state index contributed by atoms with van der Waals surface area (Å²) in [6.45, 7) is 10.2. The summed E-state index contributed by atoms with van der Waals surface area (Å²) in [5.41, 5.74) is 1.90. The van der Waals surface area contributed by atoms with Gasteiger partial charge in [0.05, 0.1) is 11.4 Å². The highest BCUT2D eigenvalue weighted by atomic mass is 79.9. The van der Waals surface area contributed by atoms with Gasteiger partial charge in [0.1, 0.15) is 4.60 Å². The van der Waals surface area contributed by atoms with Crippen LogP contribution in [0.2, 0.25) is 0 Å². The molecule has 9 nitrogen and oxygen atoms in total. The molecule has 2 aromatic rings. The zero-order valence-electron chi connectivity index (χ0n) is 18.6. The van der Waals surface area contributed by atoms with E-state index in [0.717, 1.165) is 51.4 Å². The largest absolute Gasteiger partial charge is 0.381 e. The molecule has 0 radical (unpaired) electrons. The van der Waals surface area contributed by atoms with Gasteiger partial charge in [-0.2, -0.15) is 0 Å². The molecule has 2 aliphatic heterocycles. The van der Waals surface area contributed by atoms with Crippen LogP contribution in [0, 0.1) is 0 Å². The molecule has 0 bridgehead atoms. The van der Waals surface area contributed by atoms with Gasteiger partial charge in [-0.05, 0) is 60.0 Å². The quantitative estimate of drug-likeness (QED) is 0.507. The van der Waals surface area contributed by atoms with E-state index in [1.807, 2.05) is 18.2 Å². The van der Waals surface area contributed by atoms with Crippen molar-refractivity contribution in [1.29, 1.82) is 0 Å². The van der Waals surface area contributed by atoms with Crippen molar-refractivity contribution in [2.24, 2.45) is 0 Å². The average Bonchev–Trinajstić information content (AvgIpc) is 2.82. The van der Waals surface area contributed by atoms with Crippen LogP contribution < -0.4 is 21.1 Å². The molecule has 0 saturated carbocycles. The zero-order chi connectivity index (χ0) is 23.4. The van der Waals surface area contributed by atoms with Crippen LogP contribution in [0.3, 0.4) is 0 Å². The second-order valence-corrected chi connectivity index (χ2v) is 9.14. The normalized spacial score (nSPS) is 19.8. The number of amides is 1. The molecule has 2 fully saturated rings. The summed E-state index contributed by atoms with van der Waals surface area (Å²) in [5, 5.41) is 5.96. The molecule has 1 aromatic carbocycles. The summed E-state index contributed by atoms with van der Waals surface area (Å²) in [7, 11) is 0. The van der Waals surface area contributed by atoms with Gasteiger partial charge in [0.15, 0.2) is 5.82 Å². The minimum absolute atomic E-state index is 0.163. The van der Waals surface area contributed by atoms with E-state index in [0.29, 0.717) is 22.0 Å². The Bertz CT molecular complexity index is 1070. The monoisotopic (exact) mass is 516 g/mol. The first-order valence-electron chi connectivity index (χ1n) is 11.1. The highest BCUT2D eigenvalue weighted by Crippen LogP contribution is 2.33. The number of hydrogen-bond acceptors (Lipinski definition) is 7. The molecule has 1 amide bonds. The Balaban J connectivity index is 1.56. The van der Waals surface area contributed by atoms with E-state index in [4.69, 9.17) is 4.74 Å². The standard InChI is InChI=1S/C23H29BrN6O3/c1-3-21(31)27-18-12-16(26-22-23(32)25-13-20(24)28-22)4-5-19(18)30-9-8-29(14-15(30)2)17-6-10-33-11-7-17/h3-5,12-13,15,17H,1,6-11,14H2,2H3,(H,25,32)(H,26,28)(H,27,31)/t15-/m0/s1. The van der Waals surface area contributed by atoms with Gasteiger partial charge in [-0.3, -0.25) is 14.5 Å². The Kier molecular flexibility index (Phi) is 7.46. The van der Waals surface area contributed by atoms with E-state index in [1.165, 1.54) is 12.3 Å². The first-order valence-corrected chi connectivity index (χ1v) is 11.9. The lowest BCUT2D eigenvalue weighted by molar-refractivity contribution is -0.111. The smallest absolute Gasteiger partial charge is 0.291 e. The van der Waals surface area contributed by atoms with E-state index < -0.39 is 0 Å². The molecule has 33 heavy (non-hydrogen) atoms. The maximum Gasteiger partial charge on any atom is 0.291 e. The number of ether oxygens (including phenoxy) is 1. The molecule has 0 spiro atoms. The van der Waals surface area contributed by atoms with Crippen molar-refractivity contribution in [2.75, 3.05) is 48.4 Å². The third kappa shape index (κ3) is 5.63. The van der Waals surface area contributed by atoms with E-state index in [9.17, 15) is 9.59 Å². The van der Waals surface area contributed by atoms with Gasteiger partial charge >= 0.3 is 0 Å². The number of halogens is 1. The highest BCUT2D eigenvalue weighted by Gasteiger charge is 2.30. The van der Waals surface area contributed by atoms with Crippen molar-refractivity contribution in [3.8, 4) is 0 Å². The fraction of sp³-hybridized carbons (Fsp3) is 0.435. The number of H-pyrrole nitrogens is 1. The Morgan fingerprint density at radius 2 is 2.12 bits per heavy atom. The number of hydrogen-bond donors (Lipinski definition) is 3. The topological polar surface area (TPSA) is 103 Å². The number of anilines is 4. The van der Waals surface area contributed by atoms with Gasteiger partial charge in [-0.1, -0.05) is 6.58 Å². The van der Waals surface area contributed by atoms with E-state index in [2.05, 4.69) is 59.8 Å². The molecule has 10 heteroatoms. The third-order valence-electron chi connectivity index (χ3n) is 6.13. The fourth-order valence-electron chi connectivity index (χ4n) is 4.48. The number of carbonyl (C=O) groups is 1. The number of aromatic nitrogens is 2. The number of nitrogens with one attached hydrogen (secondary N) is 3. The van der Waals surface area contributed by atoms with Crippen molar-refractivity contribution in [2.45, 2.75) is 31.8 Å². The minimum atomic E-state index is -0.336. The molecular weight excluding hydrogens is 488 g/mol. The van der Waals surface area contributed by atoms with Crippen LogP contribution in [-0.4, -0.2) is 65.7 Å². The highest BCUT2D eigenvalue weighted by molar-refractivity contribution is 9.10. The van der Waals surface area contributed by atoms with Crippen molar-refractivity contribution < 1.29 is 9.53 Å². The number of carbonyl (C=O) groups excluding carboxylic acids is 1. The maximum absolute atomic E-state index is 12.2. The van der Waals surface area contributed by atoms with Gasteiger partial charge < -0.3 is 25.3 Å². The summed E-state index contributed by atoms with van der Waals surface area (Å²) in [6.07, 6.45) is 4.89. The fourth-order valence-corrected chi connectivity index (χ4v) is 4.77. The molecule has 4 rings (SSSR count). The summed E-state index contributed by atoms with van der Waals surface area (Å²) in [5.74, 6) is -0.128. The van der Waals surface area contributed by atoms with Gasteiger partial charge in [0.2, 0.25) is 5.91 Å². The van der Waals surface area contributed by atoms with Crippen molar-refractivity contribution >= 4 is 44.7 Å². The van der Waals surface area contributed by atoms with Crippen molar-refractivity contribution in [3.63, 3.8) is 0 Å². The van der Waals surface area contributed by atoms with Crippen LogP contribution >= 0.6 is 15.9 Å². The van der Waals surface area contributed by atoms with Gasteiger partial charge in [-0.15, -0.1) is 0 Å². The minimum Gasteiger partial charge on any atom is -0.381 e. The first kappa shape index (κ1) is 23.5. The van der Waals surface area contributed by atoms with Gasteiger partial charge in [-0.25, -0.2) is 4.98 Å². The molecular formula is C23H29BrN6O3. The predicted octanol–water partition coefficient (Wildman–Crippen LogP) is 3.09. The molecule has 176 valence electrons. The first-order chi connectivity index (χ1) is 15.9. The van der Waals surface area contributed by atoms with E-state index in [-0.39, 0.29) is 23.3 Å². The molecule has 1 aromatic heterocycles. The van der Waals surface area contributed by atoms with Crippen molar-refractivity contribution in [1.82, 2.24) is 14.9 Å². The third-order valence-corrected chi connectivity index (χ3v) is 6.54. The molecule has 3 heterocycles. The van der Waals surface area contributed by atoms with E-state index >= 15 is 0 Å².